The summed E-state index contributed by atoms with van der Waals surface area (Å²) in [5.74, 6) is -0.596. The summed E-state index contributed by atoms with van der Waals surface area (Å²) in [6, 6.07) is 9.73. The lowest BCUT2D eigenvalue weighted by Crippen LogP contribution is -2.22. The topological polar surface area (TPSA) is 116 Å². The fraction of sp³-hybridized carbons (Fsp3) is 0. The van der Waals surface area contributed by atoms with Crippen LogP contribution in [-0.4, -0.2) is 36.6 Å². The van der Waals surface area contributed by atoms with Crippen molar-refractivity contribution >= 4 is 52.2 Å². The molecular formula is C17H11N3O5S2. The Morgan fingerprint density at radius 2 is 1.89 bits per heavy atom. The van der Waals surface area contributed by atoms with E-state index in [1.54, 1.807) is 12.1 Å². The molecule has 8 nitrogen and oxygen atoms in total. The number of thioether (sulfide) groups is 1. The molecule has 0 spiro atoms. The molecule has 1 amide bonds. The number of nitro benzene ring substituents is 1. The maximum Gasteiger partial charge on any atom is 0.286 e. The molecule has 0 unspecified atom stereocenters. The van der Waals surface area contributed by atoms with Gasteiger partial charge in [-0.1, -0.05) is 11.8 Å². The molecule has 2 aromatic rings. The number of hydrogen-bond acceptors (Lipinski definition) is 8. The summed E-state index contributed by atoms with van der Waals surface area (Å²) >= 11 is 6.12. The number of thiocarbonyl (C=S) groups is 1. The molecule has 27 heavy (non-hydrogen) atoms. The molecule has 1 saturated heterocycles. The van der Waals surface area contributed by atoms with Gasteiger partial charge in [-0.2, -0.15) is 10.1 Å². The highest BCUT2D eigenvalue weighted by molar-refractivity contribution is 8.26. The summed E-state index contributed by atoms with van der Waals surface area (Å²) in [6.45, 7) is 0. The van der Waals surface area contributed by atoms with Gasteiger partial charge in [-0.3, -0.25) is 14.9 Å². The smallest absolute Gasteiger partial charge is 0.286 e. The predicted octanol–water partition coefficient (Wildman–Crippen LogP) is 3.24. The van der Waals surface area contributed by atoms with Gasteiger partial charge in [0.05, 0.1) is 16.0 Å². The first-order chi connectivity index (χ1) is 12.8. The van der Waals surface area contributed by atoms with Crippen molar-refractivity contribution in [2.45, 2.75) is 0 Å². The zero-order valence-electron chi connectivity index (χ0n) is 13.5. The molecule has 2 aromatic carbocycles. The van der Waals surface area contributed by atoms with E-state index in [1.807, 2.05) is 0 Å². The molecule has 0 atom stereocenters. The number of nitrogens with zero attached hydrogens (tertiary/aromatic N) is 3. The standard InChI is InChI=1S/C17H11N3O5S2/c21-13-4-1-10(2-5-13)9-18-19-16(23)15(27-17(19)26)8-11-7-12(20(24)25)3-6-14(11)22/h1-9,21-22H/b15-8+,18-9+. The molecule has 136 valence electrons. The molecule has 1 heterocycles. The molecule has 1 fully saturated rings. The van der Waals surface area contributed by atoms with Gasteiger partial charge in [0, 0.05) is 17.7 Å². The third-order valence-electron chi connectivity index (χ3n) is 3.50. The molecule has 1 aliphatic rings. The van der Waals surface area contributed by atoms with Crippen molar-refractivity contribution in [3.05, 3.63) is 68.6 Å². The zero-order chi connectivity index (χ0) is 19.6. The SMILES string of the molecule is O=C1/C(=C\c2cc([N+](=O)[O-])ccc2O)SC(=S)N1/N=C/c1ccc(O)cc1. The number of carbonyl (C=O) groups excluding carboxylic acids is 1. The van der Waals surface area contributed by atoms with Gasteiger partial charge >= 0.3 is 0 Å². The Hall–Kier alpha value is -3.24. The number of nitro groups is 1. The van der Waals surface area contributed by atoms with Crippen molar-refractivity contribution in [3.63, 3.8) is 0 Å². The Kier molecular flexibility index (Phi) is 5.19. The number of phenols is 2. The normalized spacial score (nSPS) is 15.9. The maximum absolute atomic E-state index is 12.5. The highest BCUT2D eigenvalue weighted by Gasteiger charge is 2.32. The lowest BCUT2D eigenvalue weighted by Gasteiger charge is -2.06. The Morgan fingerprint density at radius 1 is 1.19 bits per heavy atom. The molecule has 0 aromatic heterocycles. The minimum absolute atomic E-state index is 0.109. The second kappa shape index (κ2) is 7.56. The number of hydrazone groups is 1. The van der Waals surface area contributed by atoms with Gasteiger partial charge in [-0.25, -0.2) is 0 Å². The van der Waals surface area contributed by atoms with E-state index in [-0.39, 0.29) is 32.0 Å². The summed E-state index contributed by atoms with van der Waals surface area (Å²) < 4.78 is 0.186. The predicted molar refractivity (Wildman–Crippen MR) is 105 cm³/mol. The highest BCUT2D eigenvalue weighted by Crippen LogP contribution is 2.35. The first kappa shape index (κ1) is 18.5. The van der Waals surface area contributed by atoms with E-state index in [0.717, 1.165) is 16.8 Å². The van der Waals surface area contributed by atoms with Crippen LogP contribution in [0.25, 0.3) is 6.08 Å². The van der Waals surface area contributed by atoms with Crippen molar-refractivity contribution in [3.8, 4) is 11.5 Å². The van der Waals surface area contributed by atoms with Gasteiger partial charge in [0.2, 0.25) is 0 Å². The minimum atomic E-state index is -0.593. The summed E-state index contributed by atoms with van der Waals surface area (Å²) in [5.41, 5.74) is 0.578. The van der Waals surface area contributed by atoms with Crippen LogP contribution in [0.5, 0.6) is 11.5 Å². The number of rotatable bonds is 4. The van der Waals surface area contributed by atoms with E-state index in [2.05, 4.69) is 5.10 Å². The van der Waals surface area contributed by atoms with E-state index in [9.17, 15) is 25.1 Å². The van der Waals surface area contributed by atoms with Crippen molar-refractivity contribution in [1.82, 2.24) is 5.01 Å². The average molecular weight is 401 g/mol. The van der Waals surface area contributed by atoms with Crippen LogP contribution in [0.4, 0.5) is 5.69 Å². The van der Waals surface area contributed by atoms with Crippen molar-refractivity contribution in [2.24, 2.45) is 5.10 Å². The third kappa shape index (κ3) is 4.13. The van der Waals surface area contributed by atoms with Crippen molar-refractivity contribution in [1.29, 1.82) is 0 Å². The fourth-order valence-corrected chi connectivity index (χ4v) is 3.32. The Bertz CT molecular complexity index is 1000. The number of phenolic OH excluding ortho intramolecular Hbond substituents is 2. The zero-order valence-corrected chi connectivity index (χ0v) is 15.1. The molecule has 3 rings (SSSR count). The first-order valence-electron chi connectivity index (χ1n) is 7.43. The monoisotopic (exact) mass is 401 g/mol. The Labute approximate surface area is 162 Å². The number of hydrogen-bond donors (Lipinski definition) is 2. The van der Waals surface area contributed by atoms with Crippen LogP contribution in [0.2, 0.25) is 0 Å². The number of carbonyl (C=O) groups is 1. The Balaban J connectivity index is 1.85. The van der Waals surface area contributed by atoms with E-state index in [4.69, 9.17) is 12.2 Å². The minimum Gasteiger partial charge on any atom is -0.508 e. The van der Waals surface area contributed by atoms with Gasteiger partial charge in [0.15, 0.2) is 4.32 Å². The van der Waals surface area contributed by atoms with Crippen LogP contribution in [-0.2, 0) is 4.79 Å². The quantitative estimate of drug-likeness (QED) is 0.266. The molecule has 0 radical (unpaired) electrons. The molecule has 10 heteroatoms. The van der Waals surface area contributed by atoms with Gasteiger partial charge in [0.25, 0.3) is 11.6 Å². The number of amides is 1. The van der Waals surface area contributed by atoms with Gasteiger partial charge in [-0.15, -0.1) is 0 Å². The molecule has 0 bridgehead atoms. The van der Waals surface area contributed by atoms with Crippen LogP contribution < -0.4 is 0 Å². The number of non-ortho nitro benzene ring substituents is 1. The molecular weight excluding hydrogens is 390 g/mol. The summed E-state index contributed by atoms with van der Waals surface area (Å²) in [6.07, 6.45) is 2.75. The van der Waals surface area contributed by atoms with E-state index in [1.165, 1.54) is 42.6 Å². The molecule has 1 aliphatic heterocycles. The van der Waals surface area contributed by atoms with Crippen LogP contribution >= 0.6 is 24.0 Å². The second-order valence-electron chi connectivity index (χ2n) is 5.33. The van der Waals surface area contributed by atoms with Crippen LogP contribution in [0.15, 0.2) is 52.5 Å². The van der Waals surface area contributed by atoms with Crippen molar-refractivity contribution < 1.29 is 19.9 Å². The summed E-state index contributed by atoms with van der Waals surface area (Å²) in [4.78, 5) is 23.0. The van der Waals surface area contributed by atoms with Crippen molar-refractivity contribution in [2.75, 3.05) is 0 Å². The second-order valence-corrected chi connectivity index (χ2v) is 7.01. The molecule has 0 saturated carbocycles. The third-order valence-corrected chi connectivity index (χ3v) is 4.78. The first-order valence-corrected chi connectivity index (χ1v) is 8.66. The van der Waals surface area contributed by atoms with Gasteiger partial charge < -0.3 is 10.2 Å². The van der Waals surface area contributed by atoms with E-state index >= 15 is 0 Å². The fourth-order valence-electron chi connectivity index (χ4n) is 2.16. The summed E-state index contributed by atoms with van der Waals surface area (Å²) in [7, 11) is 0. The lowest BCUT2D eigenvalue weighted by atomic mass is 10.1. The molecule has 0 aliphatic carbocycles. The largest absolute Gasteiger partial charge is 0.508 e. The van der Waals surface area contributed by atoms with Gasteiger partial charge in [-0.05, 0) is 54.2 Å². The highest BCUT2D eigenvalue weighted by atomic mass is 32.2. The van der Waals surface area contributed by atoms with E-state index in [0.29, 0.717) is 5.56 Å². The maximum atomic E-state index is 12.5. The average Bonchev–Trinajstić information content (AvgIpc) is 2.89. The molecule has 2 N–H and O–H groups in total. The number of aromatic hydroxyl groups is 2. The van der Waals surface area contributed by atoms with Gasteiger partial charge in [0.1, 0.15) is 11.5 Å². The summed E-state index contributed by atoms with van der Waals surface area (Å²) in [5, 5.41) is 35.1. The lowest BCUT2D eigenvalue weighted by molar-refractivity contribution is -0.384. The van der Waals surface area contributed by atoms with E-state index < -0.39 is 10.8 Å². The van der Waals surface area contributed by atoms with Crippen LogP contribution in [0.3, 0.4) is 0 Å². The van der Waals surface area contributed by atoms with Crippen LogP contribution in [0.1, 0.15) is 11.1 Å². The number of benzene rings is 2. The Morgan fingerprint density at radius 3 is 2.56 bits per heavy atom. The van der Waals surface area contributed by atoms with Crippen LogP contribution in [0, 0.1) is 10.1 Å².